The number of rotatable bonds is 5. The quantitative estimate of drug-likeness (QED) is 0.183. The average Bonchev–Trinajstić information content (AvgIpc) is 3.88. The van der Waals surface area contributed by atoms with Gasteiger partial charge in [0.05, 0.1) is 49.7 Å². The molecular weight excluding hydrogens is 743 g/mol. The zero-order chi connectivity index (χ0) is 39.3. The molecule has 294 valence electrons. The van der Waals surface area contributed by atoms with Gasteiger partial charge in [-0.05, 0) is 88.7 Å². The van der Waals surface area contributed by atoms with Crippen molar-refractivity contribution >= 4 is 49.7 Å². The smallest absolute Gasteiger partial charge is 0.324 e. The van der Waals surface area contributed by atoms with Crippen LogP contribution in [-0.4, -0.2) is 95.4 Å². The number of ether oxygens (including phenoxy) is 2. The van der Waals surface area contributed by atoms with Crippen LogP contribution < -0.4 is 10.7 Å². The van der Waals surface area contributed by atoms with Crippen LogP contribution in [0.25, 0.3) is 33.4 Å². The summed E-state index contributed by atoms with van der Waals surface area (Å²) in [6, 6.07) is 10.3. The van der Waals surface area contributed by atoms with E-state index in [9.17, 15) is 14.4 Å². The van der Waals surface area contributed by atoms with Crippen molar-refractivity contribution in [1.29, 1.82) is 0 Å². The Labute approximate surface area is 334 Å². The van der Waals surface area contributed by atoms with Gasteiger partial charge in [0.2, 0.25) is 5.91 Å². The molecule has 7 atom stereocenters. The Hall–Kier alpha value is -4.11. The lowest BCUT2D eigenvalue weighted by Gasteiger charge is -2.46. The monoisotopic (exact) mass is 793 g/mol. The number of pyridine rings is 1. The molecule has 5 aliphatic rings. The molecule has 56 heavy (non-hydrogen) atoms. The number of esters is 1. The van der Waals surface area contributed by atoms with Gasteiger partial charge in [0.25, 0.3) is 0 Å². The van der Waals surface area contributed by atoms with E-state index >= 15 is 0 Å². The minimum absolute atomic E-state index is 0.0375. The third kappa shape index (κ3) is 5.76. The number of cyclic esters (lactones) is 1. The van der Waals surface area contributed by atoms with Crippen molar-refractivity contribution in [2.45, 2.75) is 115 Å². The summed E-state index contributed by atoms with van der Waals surface area (Å²) in [6.07, 6.45) is 4.87. The number of aryl methyl sites for hydroxylation is 1. The summed E-state index contributed by atoms with van der Waals surface area (Å²) in [5.74, 6) is -0.428. The molecule has 4 aromatic rings. The molecule has 12 nitrogen and oxygen atoms in total. The van der Waals surface area contributed by atoms with Crippen LogP contribution >= 0.6 is 11.3 Å². The lowest BCUT2D eigenvalue weighted by atomic mass is 9.84. The predicted molar refractivity (Wildman–Crippen MR) is 216 cm³/mol. The number of methoxy groups -OCH3 is 1. The predicted octanol–water partition coefficient (Wildman–Crippen LogP) is 6.11. The number of thiazole rings is 1. The highest BCUT2D eigenvalue weighted by atomic mass is 32.1. The molecule has 6 bridgehead atoms. The fourth-order valence-corrected chi connectivity index (χ4v) is 12.8. The molecule has 4 aliphatic heterocycles. The fourth-order valence-electron chi connectivity index (χ4n) is 9.83. The molecule has 3 aromatic heterocycles. The highest BCUT2D eigenvalue weighted by molar-refractivity contribution is 7.10. The first kappa shape index (κ1) is 37.5. The highest BCUT2D eigenvalue weighted by Crippen LogP contribution is 2.81. The Balaban J connectivity index is 1.15. The Morgan fingerprint density at radius 1 is 1.20 bits per heavy atom. The normalized spacial score (nSPS) is 30.0. The number of aromatic nitrogens is 3. The van der Waals surface area contributed by atoms with E-state index in [1.54, 1.807) is 23.5 Å². The summed E-state index contributed by atoms with van der Waals surface area (Å²) >= 11 is 1.57. The van der Waals surface area contributed by atoms with Crippen molar-refractivity contribution in [3.63, 3.8) is 0 Å². The number of benzene rings is 1. The number of hydrogen-bond acceptors (Lipinski definition) is 9. The van der Waals surface area contributed by atoms with Crippen LogP contribution in [0.4, 0.5) is 4.79 Å². The number of fused-ring (bicyclic) bond motifs is 9. The first-order chi connectivity index (χ1) is 26.8. The van der Waals surface area contributed by atoms with Gasteiger partial charge < -0.3 is 24.3 Å². The van der Waals surface area contributed by atoms with Crippen LogP contribution in [-0.2, 0) is 38.4 Å². The van der Waals surface area contributed by atoms with Crippen molar-refractivity contribution in [2.75, 3.05) is 20.3 Å². The van der Waals surface area contributed by atoms with E-state index < -0.39 is 22.0 Å². The lowest BCUT2D eigenvalue weighted by molar-refractivity contribution is -0.156. The largest absolute Gasteiger partial charge is 0.464 e. The van der Waals surface area contributed by atoms with Gasteiger partial charge in [0, 0.05) is 82.9 Å². The third-order valence-electron chi connectivity index (χ3n) is 13.0. The van der Waals surface area contributed by atoms with Crippen molar-refractivity contribution < 1.29 is 23.9 Å². The molecule has 9 rings (SSSR count). The Kier molecular flexibility index (Phi) is 9.03. The number of carbonyl (C=O) groups excluding carboxylic acids is 3. The van der Waals surface area contributed by atoms with Crippen LogP contribution in [0, 0.1) is 10.8 Å². The van der Waals surface area contributed by atoms with Gasteiger partial charge in [-0.25, -0.2) is 15.2 Å². The van der Waals surface area contributed by atoms with Gasteiger partial charge in [0.15, 0.2) is 0 Å². The molecule has 3 saturated heterocycles. The van der Waals surface area contributed by atoms with Gasteiger partial charge in [0.1, 0.15) is 6.04 Å². The number of carbonyl (C=O) groups is 3. The van der Waals surface area contributed by atoms with E-state index in [-0.39, 0.29) is 48.2 Å². The van der Waals surface area contributed by atoms with Crippen molar-refractivity contribution in [2.24, 2.45) is 10.8 Å². The number of amides is 3. The first-order valence-corrected chi connectivity index (χ1v) is 22.0. The minimum Gasteiger partial charge on any atom is -0.464 e. The second-order valence-electron chi connectivity index (χ2n) is 17.3. The molecule has 0 unspecified atom stereocenters. The van der Waals surface area contributed by atoms with Gasteiger partial charge in [-0.1, -0.05) is 19.9 Å². The van der Waals surface area contributed by atoms with Gasteiger partial charge in [-0.2, -0.15) is 0 Å². The number of hydrogen-bond donors (Lipinski definition) is 2. The van der Waals surface area contributed by atoms with Crippen LogP contribution in [0.2, 0.25) is 5.54 Å². The van der Waals surface area contributed by atoms with Crippen LogP contribution in [0.15, 0.2) is 41.9 Å². The Bertz CT molecular complexity index is 2250. The lowest BCUT2D eigenvalue weighted by Crippen LogP contribution is -2.63. The second-order valence-corrected chi connectivity index (χ2v) is 19.9. The standard InChI is InChI=1S/C42H51N7O5SSi/c1-8-47-32-14-13-26-18-28(32)29(35(47)27-11-9-15-43-34(27)25(4)53-7)19-40(5,6)22-54-36(50)30-12-10-16-48(46-30)38(51)41(20-33-44-31(26)21-55-33)37-42(41,56-37)45-39(52)49-23(2)17-24(49)3/h9,11,13-15,18,21,23-25,30,37,46H,8,10,12,16-17,19-20,22H2,1-7H3,(H,45,52)/t23-,24-,25-,30-,37+,41-,42+/m0/s1. The molecule has 1 aromatic carbocycles. The summed E-state index contributed by atoms with van der Waals surface area (Å²) in [4.78, 5) is 54.2. The van der Waals surface area contributed by atoms with E-state index in [2.05, 4.69) is 79.6 Å². The molecular formula is C42H51N7O5SSi. The molecule has 2 N–H and O–H groups in total. The number of nitrogens with one attached hydrogen (secondary N) is 2. The molecule has 4 fully saturated rings. The van der Waals surface area contributed by atoms with E-state index in [1.165, 1.54) is 0 Å². The summed E-state index contributed by atoms with van der Waals surface area (Å²) in [7, 11) is 2.17. The highest BCUT2D eigenvalue weighted by Gasteiger charge is 2.93. The average molecular weight is 794 g/mol. The third-order valence-corrected chi connectivity index (χ3v) is 16.0. The molecule has 14 heteroatoms. The number of nitrogens with zero attached hydrogens (tertiary/aromatic N) is 5. The number of urea groups is 1. The molecule has 2 radical (unpaired) electrons. The molecule has 7 heterocycles. The maximum Gasteiger partial charge on any atom is 0.324 e. The molecule has 1 spiro atoms. The van der Waals surface area contributed by atoms with Gasteiger partial charge in [-0.3, -0.25) is 19.6 Å². The second kappa shape index (κ2) is 13.5. The van der Waals surface area contributed by atoms with E-state index in [0.717, 1.165) is 62.6 Å². The van der Waals surface area contributed by atoms with Crippen molar-refractivity contribution in [3.8, 4) is 22.5 Å². The van der Waals surface area contributed by atoms with Gasteiger partial charge in [-0.15, -0.1) is 11.3 Å². The van der Waals surface area contributed by atoms with Crippen molar-refractivity contribution in [1.82, 2.24) is 35.2 Å². The van der Waals surface area contributed by atoms with E-state index in [0.29, 0.717) is 41.7 Å². The molecule has 1 aliphatic carbocycles. The summed E-state index contributed by atoms with van der Waals surface area (Å²) < 4.78 is 14.3. The fraction of sp³-hybridized carbons (Fsp3) is 0.548. The SMILES string of the molecule is CCn1c(-c2cccnc2[C@H](C)OC)c2c3cc(ccc31)-c1csc(n1)C[C@@]1(C(=O)N3CCC[C@H](N3)C(=O)OCC(C)(C)C2)[C@H]2[Si][C@]21NC(=O)N1[C@@H](C)C[C@@H]1C. The maximum absolute atomic E-state index is 14.8. The summed E-state index contributed by atoms with van der Waals surface area (Å²) in [6.45, 7) is 14.0. The minimum atomic E-state index is -0.828. The van der Waals surface area contributed by atoms with Crippen LogP contribution in [0.3, 0.4) is 0 Å². The first-order valence-electron chi connectivity index (χ1n) is 20.0. The summed E-state index contributed by atoms with van der Waals surface area (Å²) in [5, 5.41) is 8.49. The maximum atomic E-state index is 14.8. The van der Waals surface area contributed by atoms with E-state index in [4.69, 9.17) is 19.4 Å². The Morgan fingerprint density at radius 2 is 2.00 bits per heavy atom. The van der Waals surface area contributed by atoms with Crippen molar-refractivity contribution in [3.05, 3.63) is 58.2 Å². The Morgan fingerprint density at radius 3 is 2.73 bits per heavy atom. The zero-order valence-corrected chi connectivity index (χ0v) is 35.1. The van der Waals surface area contributed by atoms with E-state index in [1.807, 2.05) is 24.1 Å². The number of hydrazine groups is 1. The summed E-state index contributed by atoms with van der Waals surface area (Å²) in [5.41, 5.74) is 9.16. The van der Waals surface area contributed by atoms with Gasteiger partial charge >= 0.3 is 12.0 Å². The molecule has 1 saturated carbocycles. The zero-order valence-electron chi connectivity index (χ0n) is 33.3. The topological polar surface area (TPSA) is 131 Å². The van der Waals surface area contributed by atoms with Crippen LogP contribution in [0.1, 0.15) is 83.2 Å². The number of likely N-dealkylation sites (tertiary alicyclic amines) is 1. The van der Waals surface area contributed by atoms with Crippen LogP contribution in [0.5, 0.6) is 0 Å². The molecule has 3 amide bonds.